The van der Waals surface area contributed by atoms with Gasteiger partial charge in [0.15, 0.2) is 0 Å². The van der Waals surface area contributed by atoms with Crippen LogP contribution in [0.3, 0.4) is 0 Å². The molecule has 0 heterocycles. The first-order valence-electron chi connectivity index (χ1n) is 4.23. The molecule has 0 aliphatic rings. The second kappa shape index (κ2) is 5.07. The molecule has 1 aromatic rings. The lowest BCUT2D eigenvalue weighted by molar-refractivity contribution is -0.136. The second-order valence-corrected chi connectivity index (χ2v) is 2.81. The van der Waals surface area contributed by atoms with Gasteiger partial charge in [-0.05, 0) is 5.56 Å². The van der Waals surface area contributed by atoms with E-state index in [4.69, 9.17) is 5.11 Å². The minimum absolute atomic E-state index is 0.249. The van der Waals surface area contributed by atoms with E-state index < -0.39 is 5.97 Å². The van der Waals surface area contributed by atoms with Crippen LogP contribution in [0.2, 0.25) is 0 Å². The third-order valence-corrected chi connectivity index (χ3v) is 1.84. The fourth-order valence-electron chi connectivity index (χ4n) is 1.12. The van der Waals surface area contributed by atoms with E-state index >= 15 is 0 Å². The summed E-state index contributed by atoms with van der Waals surface area (Å²) in [4.78, 5) is 11.1. The van der Waals surface area contributed by atoms with E-state index in [9.17, 15) is 4.79 Å². The van der Waals surface area contributed by atoms with Crippen molar-refractivity contribution in [3.05, 3.63) is 47.7 Å². The lowest BCUT2D eigenvalue weighted by Crippen LogP contribution is -2.07. The van der Waals surface area contributed by atoms with Gasteiger partial charge in [-0.2, -0.15) is 0 Å². The number of carbonyl (C=O) groups is 1. The molecule has 1 N–H and O–H groups in total. The Hall–Kier alpha value is -1.77. The fourth-order valence-corrected chi connectivity index (χ4v) is 1.12. The Morgan fingerprint density at radius 3 is 2.57 bits per heavy atom. The molecule has 74 valence electrons. The third-order valence-electron chi connectivity index (χ3n) is 1.84. The SMILES string of the molecule is COC(=O)/C(=C\O)Cc1ccccc1. The van der Waals surface area contributed by atoms with Gasteiger partial charge in [0.1, 0.15) is 0 Å². The highest BCUT2D eigenvalue weighted by molar-refractivity contribution is 5.88. The predicted molar refractivity (Wildman–Crippen MR) is 52.9 cm³/mol. The zero-order valence-corrected chi connectivity index (χ0v) is 7.93. The number of aliphatic hydroxyl groups excluding tert-OH is 1. The van der Waals surface area contributed by atoms with Gasteiger partial charge in [-0.1, -0.05) is 30.3 Å². The summed E-state index contributed by atoms with van der Waals surface area (Å²) in [5.74, 6) is -0.503. The molecule has 0 bridgehead atoms. The Kier molecular flexibility index (Phi) is 3.73. The topological polar surface area (TPSA) is 46.5 Å². The molecule has 0 aromatic heterocycles. The zero-order valence-electron chi connectivity index (χ0n) is 7.93. The molecule has 1 aromatic carbocycles. The maximum atomic E-state index is 11.1. The Bertz CT molecular complexity index is 328. The smallest absolute Gasteiger partial charge is 0.337 e. The van der Waals surface area contributed by atoms with E-state index in [2.05, 4.69) is 4.74 Å². The lowest BCUT2D eigenvalue weighted by Gasteiger charge is -2.03. The molecule has 14 heavy (non-hydrogen) atoms. The van der Waals surface area contributed by atoms with E-state index in [1.54, 1.807) is 0 Å². The monoisotopic (exact) mass is 192 g/mol. The highest BCUT2D eigenvalue weighted by Crippen LogP contribution is 2.08. The quantitative estimate of drug-likeness (QED) is 0.451. The van der Waals surface area contributed by atoms with Crippen molar-refractivity contribution in [2.45, 2.75) is 6.42 Å². The first-order chi connectivity index (χ1) is 6.77. The van der Waals surface area contributed by atoms with Crippen LogP contribution in [0.4, 0.5) is 0 Å². The standard InChI is InChI=1S/C11H12O3/c1-14-11(13)10(8-12)7-9-5-3-2-4-6-9/h2-6,8,12H,7H2,1H3/b10-8-. The summed E-state index contributed by atoms with van der Waals surface area (Å²) in [5.41, 5.74) is 1.21. The van der Waals surface area contributed by atoms with E-state index in [1.165, 1.54) is 7.11 Å². The summed E-state index contributed by atoms with van der Waals surface area (Å²) in [6.45, 7) is 0. The van der Waals surface area contributed by atoms with Gasteiger partial charge in [0.25, 0.3) is 0 Å². The number of rotatable bonds is 3. The molecule has 3 heteroatoms. The molecule has 0 saturated heterocycles. The number of ether oxygens (including phenoxy) is 1. The summed E-state index contributed by atoms with van der Waals surface area (Å²) in [5, 5.41) is 8.83. The number of methoxy groups -OCH3 is 1. The highest BCUT2D eigenvalue weighted by atomic mass is 16.5. The van der Waals surface area contributed by atoms with Crippen LogP contribution in [-0.2, 0) is 16.0 Å². The van der Waals surface area contributed by atoms with Crippen molar-refractivity contribution in [1.29, 1.82) is 0 Å². The van der Waals surface area contributed by atoms with Gasteiger partial charge in [-0.15, -0.1) is 0 Å². The van der Waals surface area contributed by atoms with Crippen molar-refractivity contribution in [2.75, 3.05) is 7.11 Å². The maximum absolute atomic E-state index is 11.1. The van der Waals surface area contributed by atoms with Crippen LogP contribution in [0.1, 0.15) is 5.56 Å². The number of carbonyl (C=O) groups excluding carboxylic acids is 1. The fraction of sp³-hybridized carbons (Fsp3) is 0.182. The van der Waals surface area contributed by atoms with Crippen LogP contribution < -0.4 is 0 Å². The van der Waals surface area contributed by atoms with Gasteiger partial charge < -0.3 is 9.84 Å². The normalized spacial score (nSPS) is 11.1. The van der Waals surface area contributed by atoms with Crippen LogP contribution in [0, 0.1) is 0 Å². The molecule has 0 amide bonds. The number of benzene rings is 1. The number of esters is 1. The van der Waals surface area contributed by atoms with Gasteiger partial charge in [0.05, 0.1) is 18.9 Å². The molecule has 0 spiro atoms. The second-order valence-electron chi connectivity index (χ2n) is 2.81. The molecular formula is C11H12O3. The molecule has 0 saturated carbocycles. The summed E-state index contributed by atoms with van der Waals surface area (Å²) < 4.78 is 4.51. The van der Waals surface area contributed by atoms with Crippen LogP contribution in [0.5, 0.6) is 0 Å². The maximum Gasteiger partial charge on any atom is 0.337 e. The summed E-state index contributed by atoms with van der Waals surface area (Å²) in [7, 11) is 1.29. The van der Waals surface area contributed by atoms with Crippen LogP contribution >= 0.6 is 0 Å². The van der Waals surface area contributed by atoms with Crippen LogP contribution in [0.15, 0.2) is 42.2 Å². The number of hydrogen-bond acceptors (Lipinski definition) is 3. The van der Waals surface area contributed by atoms with Gasteiger partial charge in [-0.3, -0.25) is 0 Å². The zero-order chi connectivity index (χ0) is 10.4. The first kappa shape index (κ1) is 10.3. The highest BCUT2D eigenvalue weighted by Gasteiger charge is 2.09. The van der Waals surface area contributed by atoms with Crippen molar-refractivity contribution in [3.8, 4) is 0 Å². The van der Waals surface area contributed by atoms with E-state index in [0.29, 0.717) is 6.42 Å². The van der Waals surface area contributed by atoms with Gasteiger partial charge in [-0.25, -0.2) is 4.79 Å². The minimum atomic E-state index is -0.503. The predicted octanol–water partition coefficient (Wildman–Crippen LogP) is 1.84. The van der Waals surface area contributed by atoms with Crippen molar-refractivity contribution in [1.82, 2.24) is 0 Å². The summed E-state index contributed by atoms with van der Waals surface area (Å²) in [6.07, 6.45) is 1.17. The summed E-state index contributed by atoms with van der Waals surface area (Å²) in [6, 6.07) is 9.41. The molecule has 3 nitrogen and oxygen atoms in total. The Balaban J connectivity index is 2.73. The average Bonchev–Trinajstić information content (AvgIpc) is 2.26. The van der Waals surface area contributed by atoms with Crippen molar-refractivity contribution in [3.63, 3.8) is 0 Å². The lowest BCUT2D eigenvalue weighted by atomic mass is 10.1. The largest absolute Gasteiger partial charge is 0.515 e. The molecule has 0 unspecified atom stereocenters. The molecular weight excluding hydrogens is 180 g/mol. The third kappa shape index (κ3) is 2.62. The van der Waals surface area contributed by atoms with Gasteiger partial charge in [0, 0.05) is 6.42 Å². The number of aliphatic hydroxyl groups is 1. The molecule has 0 atom stereocenters. The number of hydrogen-bond donors (Lipinski definition) is 1. The van der Waals surface area contributed by atoms with E-state index in [1.807, 2.05) is 30.3 Å². The summed E-state index contributed by atoms with van der Waals surface area (Å²) >= 11 is 0. The van der Waals surface area contributed by atoms with Crippen molar-refractivity contribution < 1.29 is 14.6 Å². The van der Waals surface area contributed by atoms with Gasteiger partial charge in [0.2, 0.25) is 0 Å². The van der Waals surface area contributed by atoms with E-state index in [-0.39, 0.29) is 5.57 Å². The van der Waals surface area contributed by atoms with E-state index in [0.717, 1.165) is 11.8 Å². The molecule has 1 rings (SSSR count). The molecule has 0 radical (unpaired) electrons. The minimum Gasteiger partial charge on any atom is -0.515 e. The first-order valence-corrected chi connectivity index (χ1v) is 4.23. The Labute approximate surface area is 82.6 Å². The van der Waals surface area contributed by atoms with Crippen molar-refractivity contribution >= 4 is 5.97 Å². The average molecular weight is 192 g/mol. The van der Waals surface area contributed by atoms with Crippen LogP contribution in [0.25, 0.3) is 0 Å². The Morgan fingerprint density at radius 1 is 1.43 bits per heavy atom. The molecule has 0 aliphatic heterocycles. The Morgan fingerprint density at radius 2 is 2.07 bits per heavy atom. The van der Waals surface area contributed by atoms with Crippen LogP contribution in [-0.4, -0.2) is 18.2 Å². The molecule has 0 aliphatic carbocycles. The van der Waals surface area contributed by atoms with Gasteiger partial charge >= 0.3 is 5.97 Å². The van der Waals surface area contributed by atoms with Crippen molar-refractivity contribution in [2.24, 2.45) is 0 Å². The molecule has 0 fully saturated rings.